The van der Waals surface area contributed by atoms with Crippen molar-refractivity contribution in [2.24, 2.45) is 11.7 Å². The van der Waals surface area contributed by atoms with Gasteiger partial charge in [-0.05, 0) is 51.6 Å². The lowest BCUT2D eigenvalue weighted by Crippen LogP contribution is -2.46. The number of nitrogens with one attached hydrogen (secondary N) is 1. The van der Waals surface area contributed by atoms with Gasteiger partial charge in [0.25, 0.3) is 0 Å². The van der Waals surface area contributed by atoms with Crippen LogP contribution < -0.4 is 11.1 Å². The van der Waals surface area contributed by atoms with Gasteiger partial charge in [-0.3, -0.25) is 4.79 Å². The van der Waals surface area contributed by atoms with E-state index in [9.17, 15) is 4.79 Å². The molecule has 1 aromatic rings. The van der Waals surface area contributed by atoms with Crippen LogP contribution in [0, 0.1) is 5.92 Å². The fourth-order valence-electron chi connectivity index (χ4n) is 2.18. The summed E-state index contributed by atoms with van der Waals surface area (Å²) in [6.07, 6.45) is 3.67. The second kappa shape index (κ2) is 8.05. The van der Waals surface area contributed by atoms with Gasteiger partial charge in [-0.25, -0.2) is 0 Å². The SMILES string of the molecule is CC(CCCN)C(=O)NC(C)(C)CCc1ccccc1. The number of carbonyl (C=O) groups excluding carboxylic acids is 1. The molecule has 0 fully saturated rings. The van der Waals surface area contributed by atoms with Crippen LogP contribution in [0.5, 0.6) is 0 Å². The van der Waals surface area contributed by atoms with Crippen LogP contribution in [0.25, 0.3) is 0 Å². The summed E-state index contributed by atoms with van der Waals surface area (Å²) >= 11 is 0. The van der Waals surface area contributed by atoms with Crippen molar-refractivity contribution in [2.45, 2.75) is 52.0 Å². The van der Waals surface area contributed by atoms with Crippen LogP contribution in [0.2, 0.25) is 0 Å². The Hall–Kier alpha value is -1.35. The maximum absolute atomic E-state index is 12.1. The molecule has 3 nitrogen and oxygen atoms in total. The molecule has 0 bridgehead atoms. The molecule has 0 aliphatic heterocycles. The standard InChI is InChI=1S/C17H28N2O/c1-14(8-7-13-18)16(20)19-17(2,3)12-11-15-9-5-4-6-10-15/h4-6,9-10,14H,7-8,11-13,18H2,1-3H3,(H,19,20). The van der Waals surface area contributed by atoms with E-state index in [2.05, 4.69) is 43.4 Å². The number of carbonyl (C=O) groups is 1. The molecule has 0 saturated heterocycles. The largest absolute Gasteiger partial charge is 0.351 e. The lowest BCUT2D eigenvalue weighted by Gasteiger charge is -2.28. The minimum absolute atomic E-state index is 0.0366. The Labute approximate surface area is 122 Å². The zero-order chi connectivity index (χ0) is 15.0. The molecular weight excluding hydrogens is 248 g/mol. The summed E-state index contributed by atoms with van der Waals surface area (Å²) in [6.45, 7) is 6.79. The molecule has 0 aliphatic rings. The first kappa shape index (κ1) is 16.7. The number of hydrogen-bond donors (Lipinski definition) is 2. The van der Waals surface area contributed by atoms with E-state index in [4.69, 9.17) is 5.73 Å². The Morgan fingerprint density at radius 2 is 1.95 bits per heavy atom. The quantitative estimate of drug-likeness (QED) is 0.767. The van der Waals surface area contributed by atoms with E-state index >= 15 is 0 Å². The zero-order valence-corrected chi connectivity index (χ0v) is 13.0. The minimum Gasteiger partial charge on any atom is -0.351 e. The zero-order valence-electron chi connectivity index (χ0n) is 13.0. The summed E-state index contributed by atoms with van der Waals surface area (Å²) in [7, 11) is 0. The van der Waals surface area contributed by atoms with E-state index in [1.807, 2.05) is 13.0 Å². The van der Waals surface area contributed by atoms with Crippen LogP contribution in [0.15, 0.2) is 30.3 Å². The van der Waals surface area contributed by atoms with Crippen LogP contribution in [0.3, 0.4) is 0 Å². The molecule has 0 saturated carbocycles. The molecule has 3 N–H and O–H groups in total. The molecule has 1 atom stereocenters. The van der Waals surface area contributed by atoms with Gasteiger partial charge in [0.1, 0.15) is 0 Å². The number of nitrogens with two attached hydrogens (primary N) is 1. The third-order valence-electron chi connectivity index (χ3n) is 3.63. The van der Waals surface area contributed by atoms with Crippen molar-refractivity contribution in [2.75, 3.05) is 6.54 Å². The summed E-state index contributed by atoms with van der Waals surface area (Å²) < 4.78 is 0. The van der Waals surface area contributed by atoms with Gasteiger partial charge in [-0.15, -0.1) is 0 Å². The molecule has 0 spiro atoms. The molecule has 1 unspecified atom stereocenters. The van der Waals surface area contributed by atoms with Crippen molar-refractivity contribution in [1.29, 1.82) is 0 Å². The second-order valence-electron chi connectivity index (χ2n) is 6.19. The van der Waals surface area contributed by atoms with Crippen molar-refractivity contribution in [1.82, 2.24) is 5.32 Å². The number of benzene rings is 1. The fraction of sp³-hybridized carbons (Fsp3) is 0.588. The molecule has 3 heteroatoms. The van der Waals surface area contributed by atoms with Gasteiger partial charge in [-0.2, -0.15) is 0 Å². The normalized spacial score (nSPS) is 13.0. The molecule has 1 amide bonds. The molecule has 112 valence electrons. The predicted molar refractivity (Wildman–Crippen MR) is 84.4 cm³/mol. The summed E-state index contributed by atoms with van der Waals surface area (Å²) in [5.41, 5.74) is 6.62. The molecule has 0 heterocycles. The summed E-state index contributed by atoms with van der Waals surface area (Å²) in [5.74, 6) is 0.172. The molecule has 1 aromatic carbocycles. The Morgan fingerprint density at radius 1 is 1.30 bits per heavy atom. The van der Waals surface area contributed by atoms with Gasteiger partial charge in [0.05, 0.1) is 0 Å². The van der Waals surface area contributed by atoms with E-state index in [1.54, 1.807) is 0 Å². The smallest absolute Gasteiger partial charge is 0.223 e. The van der Waals surface area contributed by atoms with E-state index in [1.165, 1.54) is 5.56 Å². The maximum atomic E-state index is 12.1. The van der Waals surface area contributed by atoms with Crippen LogP contribution in [-0.2, 0) is 11.2 Å². The minimum atomic E-state index is -0.177. The predicted octanol–water partition coefficient (Wildman–Crippen LogP) is 2.89. The van der Waals surface area contributed by atoms with Gasteiger partial charge in [-0.1, -0.05) is 37.3 Å². The highest BCUT2D eigenvalue weighted by molar-refractivity contribution is 5.78. The number of aryl methyl sites for hydroxylation is 1. The van der Waals surface area contributed by atoms with Crippen molar-refractivity contribution in [3.63, 3.8) is 0 Å². The summed E-state index contributed by atoms with van der Waals surface area (Å²) in [5, 5.41) is 3.16. The monoisotopic (exact) mass is 276 g/mol. The number of rotatable bonds is 8. The van der Waals surface area contributed by atoms with Crippen molar-refractivity contribution in [3.8, 4) is 0 Å². The first-order valence-electron chi connectivity index (χ1n) is 7.50. The van der Waals surface area contributed by atoms with Gasteiger partial charge in [0.15, 0.2) is 0 Å². The second-order valence-corrected chi connectivity index (χ2v) is 6.19. The molecule has 1 rings (SSSR count). The van der Waals surface area contributed by atoms with Crippen molar-refractivity contribution >= 4 is 5.91 Å². The third kappa shape index (κ3) is 6.20. The van der Waals surface area contributed by atoms with Crippen LogP contribution in [0.1, 0.15) is 45.6 Å². The van der Waals surface area contributed by atoms with Gasteiger partial charge in [0, 0.05) is 11.5 Å². The van der Waals surface area contributed by atoms with Gasteiger partial charge in [0.2, 0.25) is 5.91 Å². The van der Waals surface area contributed by atoms with E-state index in [0.29, 0.717) is 6.54 Å². The topological polar surface area (TPSA) is 55.1 Å². The number of amides is 1. The average Bonchev–Trinajstić information content (AvgIpc) is 2.43. The highest BCUT2D eigenvalue weighted by Gasteiger charge is 2.23. The number of hydrogen-bond acceptors (Lipinski definition) is 2. The first-order valence-corrected chi connectivity index (χ1v) is 7.50. The Kier molecular flexibility index (Phi) is 6.73. The molecule has 20 heavy (non-hydrogen) atoms. The molecule has 0 radical (unpaired) electrons. The van der Waals surface area contributed by atoms with Gasteiger partial charge >= 0.3 is 0 Å². The summed E-state index contributed by atoms with van der Waals surface area (Å²) in [6, 6.07) is 10.4. The first-order chi connectivity index (χ1) is 9.44. The van der Waals surface area contributed by atoms with E-state index < -0.39 is 0 Å². The van der Waals surface area contributed by atoms with E-state index in [-0.39, 0.29) is 17.4 Å². The highest BCUT2D eigenvalue weighted by Crippen LogP contribution is 2.15. The highest BCUT2D eigenvalue weighted by atomic mass is 16.2. The van der Waals surface area contributed by atoms with E-state index in [0.717, 1.165) is 25.7 Å². The molecule has 0 aliphatic carbocycles. The fourth-order valence-corrected chi connectivity index (χ4v) is 2.18. The lowest BCUT2D eigenvalue weighted by atomic mass is 9.94. The third-order valence-corrected chi connectivity index (χ3v) is 3.63. The van der Waals surface area contributed by atoms with Crippen molar-refractivity contribution in [3.05, 3.63) is 35.9 Å². The Balaban J connectivity index is 2.42. The Morgan fingerprint density at radius 3 is 2.55 bits per heavy atom. The van der Waals surface area contributed by atoms with Crippen LogP contribution >= 0.6 is 0 Å². The van der Waals surface area contributed by atoms with Crippen LogP contribution in [0.4, 0.5) is 0 Å². The molecule has 0 aromatic heterocycles. The summed E-state index contributed by atoms with van der Waals surface area (Å²) in [4.78, 5) is 12.1. The maximum Gasteiger partial charge on any atom is 0.223 e. The average molecular weight is 276 g/mol. The lowest BCUT2D eigenvalue weighted by molar-refractivity contribution is -0.126. The van der Waals surface area contributed by atoms with Crippen LogP contribution in [-0.4, -0.2) is 18.0 Å². The Bertz CT molecular complexity index is 401. The van der Waals surface area contributed by atoms with Gasteiger partial charge < -0.3 is 11.1 Å². The van der Waals surface area contributed by atoms with Crippen molar-refractivity contribution < 1.29 is 4.79 Å². The molecular formula is C17H28N2O.